The SMILES string of the molecule is O=C(c1ccc(Oc2nccnc2N2CCC(C(=O)O)C2)cc1)c1nc2ccccc2[nH]1. The van der Waals surface area contributed by atoms with E-state index in [0.717, 1.165) is 11.0 Å². The zero-order chi connectivity index (χ0) is 22.1. The van der Waals surface area contributed by atoms with E-state index in [0.29, 0.717) is 36.6 Å². The summed E-state index contributed by atoms with van der Waals surface area (Å²) >= 11 is 0. The lowest BCUT2D eigenvalue weighted by Gasteiger charge is -2.19. The maximum atomic E-state index is 12.8. The number of hydrogen-bond acceptors (Lipinski definition) is 7. The number of ether oxygens (including phenoxy) is 1. The summed E-state index contributed by atoms with van der Waals surface area (Å²) in [5, 5.41) is 9.25. The standard InChI is InChI=1S/C23H19N5O4/c29-19(20-26-17-3-1-2-4-18(17)27-20)14-5-7-16(8-6-14)32-22-21(24-10-11-25-22)28-12-9-15(13-28)23(30)31/h1-8,10-11,15H,9,12-13H2,(H,26,27)(H,30,31). The van der Waals surface area contributed by atoms with Crippen LogP contribution in [0.2, 0.25) is 0 Å². The fourth-order valence-electron chi connectivity index (χ4n) is 3.74. The van der Waals surface area contributed by atoms with Crippen molar-refractivity contribution in [3.63, 3.8) is 0 Å². The van der Waals surface area contributed by atoms with Crippen LogP contribution >= 0.6 is 0 Å². The maximum absolute atomic E-state index is 12.8. The molecule has 2 aromatic heterocycles. The van der Waals surface area contributed by atoms with Crippen LogP contribution in [0, 0.1) is 5.92 Å². The molecule has 0 amide bonds. The number of imidazole rings is 1. The first kappa shape index (κ1) is 19.7. The Bertz CT molecular complexity index is 1270. The van der Waals surface area contributed by atoms with Crippen LogP contribution in [0.1, 0.15) is 22.6 Å². The van der Waals surface area contributed by atoms with Crippen molar-refractivity contribution in [2.75, 3.05) is 18.0 Å². The van der Waals surface area contributed by atoms with Gasteiger partial charge in [-0.1, -0.05) is 12.1 Å². The summed E-state index contributed by atoms with van der Waals surface area (Å²) in [5.74, 6) is 0.0789. The van der Waals surface area contributed by atoms with Crippen molar-refractivity contribution in [1.29, 1.82) is 0 Å². The van der Waals surface area contributed by atoms with Crippen molar-refractivity contribution < 1.29 is 19.4 Å². The summed E-state index contributed by atoms with van der Waals surface area (Å²) in [4.78, 5) is 41.9. The van der Waals surface area contributed by atoms with E-state index in [2.05, 4.69) is 19.9 Å². The number of H-pyrrole nitrogens is 1. The van der Waals surface area contributed by atoms with Crippen LogP contribution in [-0.2, 0) is 4.79 Å². The summed E-state index contributed by atoms with van der Waals surface area (Å²) in [6.07, 6.45) is 3.61. The van der Waals surface area contributed by atoms with Crippen molar-refractivity contribution >= 4 is 28.6 Å². The Morgan fingerprint density at radius 1 is 1.06 bits per heavy atom. The Balaban J connectivity index is 1.33. The van der Waals surface area contributed by atoms with Crippen LogP contribution in [0.25, 0.3) is 11.0 Å². The number of ketones is 1. The fraction of sp³-hybridized carbons (Fsp3) is 0.174. The van der Waals surface area contributed by atoms with Crippen molar-refractivity contribution in [1.82, 2.24) is 19.9 Å². The number of aliphatic carboxylic acids is 1. The van der Waals surface area contributed by atoms with E-state index in [4.69, 9.17) is 4.74 Å². The number of carbonyl (C=O) groups excluding carboxylic acids is 1. The second-order valence-corrected chi connectivity index (χ2v) is 7.51. The van der Waals surface area contributed by atoms with Crippen LogP contribution in [0.3, 0.4) is 0 Å². The molecule has 1 saturated heterocycles. The van der Waals surface area contributed by atoms with Gasteiger partial charge in [0.25, 0.3) is 5.88 Å². The molecule has 160 valence electrons. The van der Waals surface area contributed by atoms with Crippen molar-refractivity contribution in [3.8, 4) is 11.6 Å². The van der Waals surface area contributed by atoms with E-state index in [9.17, 15) is 14.7 Å². The van der Waals surface area contributed by atoms with Gasteiger partial charge in [-0.25, -0.2) is 15.0 Å². The number of carboxylic acid groups (broad SMARTS) is 1. The first-order chi connectivity index (χ1) is 15.6. The van der Waals surface area contributed by atoms with E-state index in [1.807, 2.05) is 29.2 Å². The highest BCUT2D eigenvalue weighted by molar-refractivity contribution is 6.08. The molecule has 4 aromatic rings. The smallest absolute Gasteiger partial charge is 0.308 e. The topological polar surface area (TPSA) is 121 Å². The molecule has 1 aliphatic heterocycles. The van der Waals surface area contributed by atoms with Gasteiger partial charge >= 0.3 is 5.97 Å². The quantitative estimate of drug-likeness (QED) is 0.448. The molecular weight excluding hydrogens is 410 g/mol. The van der Waals surface area contributed by atoms with Crippen molar-refractivity contribution in [2.45, 2.75) is 6.42 Å². The number of aromatic amines is 1. The molecule has 3 heterocycles. The second-order valence-electron chi connectivity index (χ2n) is 7.51. The number of benzene rings is 2. The Labute approximate surface area is 182 Å². The summed E-state index contributed by atoms with van der Waals surface area (Å²) < 4.78 is 5.91. The van der Waals surface area contributed by atoms with Gasteiger partial charge in [-0.2, -0.15) is 0 Å². The molecule has 32 heavy (non-hydrogen) atoms. The second kappa shape index (κ2) is 8.10. The van der Waals surface area contributed by atoms with E-state index >= 15 is 0 Å². The van der Waals surface area contributed by atoms with Crippen LogP contribution in [0.4, 0.5) is 5.82 Å². The van der Waals surface area contributed by atoms with Crippen LogP contribution in [0.15, 0.2) is 60.9 Å². The Kier molecular flexibility index (Phi) is 4.98. The van der Waals surface area contributed by atoms with E-state index in [1.54, 1.807) is 30.5 Å². The first-order valence-electron chi connectivity index (χ1n) is 10.1. The number of fused-ring (bicyclic) bond motifs is 1. The largest absolute Gasteiger partial charge is 0.481 e. The third kappa shape index (κ3) is 3.76. The normalized spacial score (nSPS) is 15.8. The zero-order valence-corrected chi connectivity index (χ0v) is 16.9. The Morgan fingerprint density at radius 2 is 1.84 bits per heavy atom. The minimum Gasteiger partial charge on any atom is -0.481 e. The van der Waals surface area contributed by atoms with Gasteiger partial charge in [0.15, 0.2) is 11.6 Å². The van der Waals surface area contributed by atoms with Gasteiger partial charge in [-0.05, 0) is 42.8 Å². The van der Waals surface area contributed by atoms with E-state index in [-0.39, 0.29) is 17.5 Å². The predicted octanol–water partition coefficient (Wildman–Crippen LogP) is 3.29. The average Bonchev–Trinajstić information content (AvgIpc) is 3.47. The molecule has 9 heteroatoms. The maximum Gasteiger partial charge on any atom is 0.308 e. The minimum absolute atomic E-state index is 0.218. The number of nitrogens with zero attached hydrogens (tertiary/aromatic N) is 4. The molecule has 0 aliphatic carbocycles. The molecule has 1 unspecified atom stereocenters. The van der Waals surface area contributed by atoms with Crippen molar-refractivity contribution in [3.05, 3.63) is 72.3 Å². The third-order valence-corrected chi connectivity index (χ3v) is 5.42. The van der Waals surface area contributed by atoms with Gasteiger partial charge in [0, 0.05) is 31.0 Å². The first-order valence-corrected chi connectivity index (χ1v) is 10.1. The lowest BCUT2D eigenvalue weighted by molar-refractivity contribution is -0.140. The monoisotopic (exact) mass is 429 g/mol. The zero-order valence-electron chi connectivity index (χ0n) is 16.9. The fourth-order valence-corrected chi connectivity index (χ4v) is 3.74. The number of nitrogens with one attached hydrogen (secondary N) is 1. The highest BCUT2D eigenvalue weighted by Gasteiger charge is 2.30. The Morgan fingerprint density at radius 3 is 2.59 bits per heavy atom. The van der Waals surface area contributed by atoms with Gasteiger partial charge in [-0.3, -0.25) is 9.59 Å². The summed E-state index contributed by atoms with van der Waals surface area (Å²) in [5.41, 5.74) is 2.01. The lowest BCUT2D eigenvalue weighted by Crippen LogP contribution is -2.24. The van der Waals surface area contributed by atoms with Gasteiger partial charge < -0.3 is 19.7 Å². The molecule has 0 spiro atoms. The average molecular weight is 429 g/mol. The van der Waals surface area contributed by atoms with Crippen LogP contribution in [-0.4, -0.2) is 49.9 Å². The predicted molar refractivity (Wildman–Crippen MR) is 116 cm³/mol. The molecule has 2 aromatic carbocycles. The molecule has 0 saturated carbocycles. The molecule has 5 rings (SSSR count). The highest BCUT2D eigenvalue weighted by Crippen LogP contribution is 2.31. The van der Waals surface area contributed by atoms with Gasteiger partial charge in [0.05, 0.1) is 17.0 Å². The minimum atomic E-state index is -0.816. The number of hydrogen-bond donors (Lipinski definition) is 2. The highest BCUT2D eigenvalue weighted by atomic mass is 16.5. The summed E-state index contributed by atoms with van der Waals surface area (Å²) in [7, 11) is 0. The molecule has 0 bridgehead atoms. The lowest BCUT2D eigenvalue weighted by atomic mass is 10.1. The summed E-state index contributed by atoms with van der Waals surface area (Å²) in [6, 6.07) is 14.1. The number of para-hydroxylation sites is 2. The molecule has 1 atom stereocenters. The van der Waals surface area contributed by atoms with Crippen molar-refractivity contribution in [2.24, 2.45) is 5.92 Å². The third-order valence-electron chi connectivity index (χ3n) is 5.42. The number of carboxylic acids is 1. The molecule has 0 radical (unpaired) electrons. The summed E-state index contributed by atoms with van der Waals surface area (Å²) in [6.45, 7) is 0.923. The number of carbonyl (C=O) groups is 2. The van der Waals surface area contributed by atoms with E-state index < -0.39 is 11.9 Å². The van der Waals surface area contributed by atoms with E-state index in [1.165, 1.54) is 6.20 Å². The molecule has 2 N–H and O–H groups in total. The molecule has 1 fully saturated rings. The van der Waals surface area contributed by atoms with Gasteiger partial charge in [-0.15, -0.1) is 0 Å². The van der Waals surface area contributed by atoms with Gasteiger partial charge in [0.1, 0.15) is 5.75 Å². The van der Waals surface area contributed by atoms with Gasteiger partial charge in [0.2, 0.25) is 5.78 Å². The molecule has 1 aliphatic rings. The van der Waals surface area contributed by atoms with Crippen LogP contribution < -0.4 is 9.64 Å². The molecule has 9 nitrogen and oxygen atoms in total. The number of anilines is 1. The number of aromatic nitrogens is 4. The Hall–Kier alpha value is -4.27. The molecular formula is C23H19N5O4. The van der Waals surface area contributed by atoms with Crippen LogP contribution in [0.5, 0.6) is 11.6 Å². The number of rotatable bonds is 6.